The summed E-state index contributed by atoms with van der Waals surface area (Å²) in [4.78, 5) is 19.2. The largest absolute Gasteiger partial charge is 0.488 e. The van der Waals surface area contributed by atoms with Gasteiger partial charge in [0.25, 0.3) is 5.91 Å². The molecule has 1 aliphatic heterocycles. The molecule has 1 aromatic carbocycles. The normalized spacial score (nSPS) is 18.2. The van der Waals surface area contributed by atoms with Gasteiger partial charge >= 0.3 is 0 Å². The fourth-order valence-corrected chi connectivity index (χ4v) is 3.86. The molecule has 0 bridgehead atoms. The molecule has 2 N–H and O–H groups in total. The lowest BCUT2D eigenvalue weighted by atomic mass is 9.95. The highest BCUT2D eigenvalue weighted by atomic mass is 16.5. The number of hydrogen-bond acceptors (Lipinski definition) is 4. The lowest BCUT2D eigenvalue weighted by Gasteiger charge is -2.38. The second-order valence-corrected chi connectivity index (χ2v) is 7.51. The number of amides is 1. The monoisotopic (exact) mass is 367 g/mol. The molecular formula is C22H29N3O2. The van der Waals surface area contributed by atoms with Gasteiger partial charge in [0.05, 0.1) is 0 Å². The summed E-state index contributed by atoms with van der Waals surface area (Å²) in [7, 11) is 0. The molecule has 5 nitrogen and oxygen atoms in total. The number of aryl methyl sites for hydroxylation is 2. The van der Waals surface area contributed by atoms with Gasteiger partial charge in [0.2, 0.25) is 0 Å². The number of hydrogen-bond donors (Lipinski definition) is 1. The van der Waals surface area contributed by atoms with Crippen molar-refractivity contribution in [1.82, 2.24) is 9.88 Å². The van der Waals surface area contributed by atoms with Gasteiger partial charge in [-0.3, -0.25) is 9.78 Å². The van der Waals surface area contributed by atoms with Crippen LogP contribution < -0.4 is 10.5 Å². The van der Waals surface area contributed by atoms with E-state index in [0.29, 0.717) is 12.2 Å². The lowest BCUT2D eigenvalue weighted by Crippen LogP contribution is -2.51. The van der Waals surface area contributed by atoms with E-state index >= 15 is 0 Å². The molecule has 2 heterocycles. The van der Waals surface area contributed by atoms with Gasteiger partial charge in [0.1, 0.15) is 12.4 Å². The zero-order valence-corrected chi connectivity index (χ0v) is 16.4. The number of rotatable bonds is 5. The summed E-state index contributed by atoms with van der Waals surface area (Å²) < 4.78 is 6.01. The van der Waals surface area contributed by atoms with Crippen molar-refractivity contribution >= 4 is 5.91 Å². The summed E-state index contributed by atoms with van der Waals surface area (Å²) in [6, 6.07) is 7.85. The molecule has 1 aromatic heterocycles. The maximum Gasteiger partial charge on any atom is 0.254 e. The number of piperidine rings is 1. The van der Waals surface area contributed by atoms with Crippen LogP contribution in [-0.2, 0) is 6.61 Å². The third kappa shape index (κ3) is 4.48. The molecule has 27 heavy (non-hydrogen) atoms. The smallest absolute Gasteiger partial charge is 0.254 e. The van der Waals surface area contributed by atoms with Crippen molar-refractivity contribution in [1.29, 1.82) is 0 Å². The Labute approximate surface area is 161 Å². The number of nitrogens with two attached hydrogens (primary N) is 1. The van der Waals surface area contributed by atoms with Gasteiger partial charge in [-0.05, 0) is 69.4 Å². The van der Waals surface area contributed by atoms with Gasteiger partial charge in [-0.15, -0.1) is 0 Å². The number of ether oxygens (including phenoxy) is 1. The summed E-state index contributed by atoms with van der Waals surface area (Å²) >= 11 is 0. The molecule has 0 spiro atoms. The Bertz CT molecular complexity index is 766. The van der Waals surface area contributed by atoms with Crippen LogP contribution >= 0.6 is 0 Å². The van der Waals surface area contributed by atoms with Crippen LogP contribution in [0.25, 0.3) is 0 Å². The zero-order valence-electron chi connectivity index (χ0n) is 16.4. The highest BCUT2D eigenvalue weighted by Crippen LogP contribution is 2.28. The van der Waals surface area contributed by atoms with Crippen molar-refractivity contribution in [2.24, 2.45) is 5.73 Å². The summed E-state index contributed by atoms with van der Waals surface area (Å²) in [6.45, 7) is 7.20. The van der Waals surface area contributed by atoms with Crippen LogP contribution in [0.15, 0.2) is 36.7 Å². The second-order valence-electron chi connectivity index (χ2n) is 7.51. The standard InChI is InChI=1S/C22H29N3O2/c1-15-11-19(22(26)25-10-5-4-8-20(25)17(3)23)12-16(2)21(15)27-14-18-7-6-9-24-13-18/h6-7,9,11-13,17,20H,4-5,8,10,14,23H2,1-3H3. The minimum Gasteiger partial charge on any atom is -0.488 e. The first kappa shape index (κ1) is 19.4. The molecule has 2 aromatic rings. The maximum atomic E-state index is 13.1. The fourth-order valence-electron chi connectivity index (χ4n) is 3.86. The Kier molecular flexibility index (Phi) is 6.11. The number of pyridine rings is 1. The molecule has 2 atom stereocenters. The number of carbonyl (C=O) groups is 1. The summed E-state index contributed by atoms with van der Waals surface area (Å²) in [5.41, 5.74) is 9.80. The molecule has 3 rings (SSSR count). The Hall–Kier alpha value is -2.40. The van der Waals surface area contributed by atoms with Gasteiger partial charge in [0, 0.05) is 42.1 Å². The van der Waals surface area contributed by atoms with Crippen LogP contribution in [0.5, 0.6) is 5.75 Å². The number of nitrogens with zero attached hydrogens (tertiary/aromatic N) is 2. The fraction of sp³-hybridized carbons (Fsp3) is 0.455. The predicted molar refractivity (Wildman–Crippen MR) is 107 cm³/mol. The van der Waals surface area contributed by atoms with Crippen molar-refractivity contribution in [3.05, 3.63) is 58.9 Å². The first-order chi connectivity index (χ1) is 13.0. The third-order valence-corrected chi connectivity index (χ3v) is 5.23. The van der Waals surface area contributed by atoms with E-state index in [2.05, 4.69) is 4.98 Å². The van der Waals surface area contributed by atoms with E-state index in [9.17, 15) is 4.79 Å². The molecule has 0 radical (unpaired) electrons. The van der Waals surface area contributed by atoms with Gasteiger partial charge in [0.15, 0.2) is 0 Å². The average molecular weight is 367 g/mol. The number of likely N-dealkylation sites (tertiary alicyclic amines) is 1. The van der Waals surface area contributed by atoms with Crippen LogP contribution in [0.4, 0.5) is 0 Å². The Balaban J connectivity index is 1.78. The summed E-state index contributed by atoms with van der Waals surface area (Å²) in [5, 5.41) is 0. The van der Waals surface area contributed by atoms with Crippen LogP contribution in [0.3, 0.4) is 0 Å². The Morgan fingerprint density at radius 1 is 1.33 bits per heavy atom. The average Bonchev–Trinajstić information content (AvgIpc) is 2.67. The third-order valence-electron chi connectivity index (χ3n) is 5.23. The maximum absolute atomic E-state index is 13.1. The van der Waals surface area contributed by atoms with E-state index in [1.807, 2.05) is 49.9 Å². The van der Waals surface area contributed by atoms with Crippen LogP contribution in [0.1, 0.15) is 53.2 Å². The van der Waals surface area contributed by atoms with Crippen LogP contribution in [0.2, 0.25) is 0 Å². The van der Waals surface area contributed by atoms with E-state index in [4.69, 9.17) is 10.5 Å². The van der Waals surface area contributed by atoms with Crippen molar-refractivity contribution in [3.8, 4) is 5.75 Å². The van der Waals surface area contributed by atoms with Gasteiger partial charge < -0.3 is 15.4 Å². The number of carbonyl (C=O) groups excluding carboxylic acids is 1. The van der Waals surface area contributed by atoms with E-state index in [1.165, 1.54) is 0 Å². The topological polar surface area (TPSA) is 68.5 Å². The van der Waals surface area contributed by atoms with Gasteiger partial charge in [-0.1, -0.05) is 6.07 Å². The first-order valence-corrected chi connectivity index (χ1v) is 9.67. The molecule has 0 aliphatic carbocycles. The van der Waals surface area contributed by atoms with Crippen LogP contribution in [0, 0.1) is 13.8 Å². The predicted octanol–water partition coefficient (Wildman–Crippen LogP) is 3.62. The molecule has 1 saturated heterocycles. The van der Waals surface area contributed by atoms with Crippen molar-refractivity contribution in [3.63, 3.8) is 0 Å². The highest BCUT2D eigenvalue weighted by molar-refractivity contribution is 5.95. The van der Waals surface area contributed by atoms with E-state index in [-0.39, 0.29) is 18.0 Å². The van der Waals surface area contributed by atoms with Crippen molar-refractivity contribution < 1.29 is 9.53 Å². The van der Waals surface area contributed by atoms with Gasteiger partial charge in [-0.2, -0.15) is 0 Å². The summed E-state index contributed by atoms with van der Waals surface area (Å²) in [5.74, 6) is 0.903. The van der Waals surface area contributed by atoms with Crippen molar-refractivity contribution in [2.45, 2.75) is 58.7 Å². The highest BCUT2D eigenvalue weighted by Gasteiger charge is 2.30. The van der Waals surface area contributed by atoms with Crippen LogP contribution in [-0.4, -0.2) is 34.4 Å². The molecular weight excluding hydrogens is 338 g/mol. The number of benzene rings is 1. The zero-order chi connectivity index (χ0) is 19.4. The Morgan fingerprint density at radius 2 is 2.07 bits per heavy atom. The molecule has 2 unspecified atom stereocenters. The first-order valence-electron chi connectivity index (χ1n) is 9.67. The molecule has 0 saturated carbocycles. The molecule has 1 fully saturated rings. The number of aromatic nitrogens is 1. The minimum atomic E-state index is -0.0152. The van der Waals surface area contributed by atoms with E-state index < -0.39 is 0 Å². The SMILES string of the molecule is Cc1cc(C(=O)N2CCCCC2C(C)N)cc(C)c1OCc1cccnc1. The molecule has 5 heteroatoms. The van der Waals surface area contributed by atoms with E-state index in [1.54, 1.807) is 12.4 Å². The Morgan fingerprint density at radius 3 is 2.70 bits per heavy atom. The van der Waals surface area contributed by atoms with Gasteiger partial charge in [-0.25, -0.2) is 0 Å². The van der Waals surface area contributed by atoms with Crippen molar-refractivity contribution in [2.75, 3.05) is 6.54 Å². The molecule has 144 valence electrons. The minimum absolute atomic E-state index is 0.0152. The molecule has 1 amide bonds. The van der Waals surface area contributed by atoms with E-state index in [0.717, 1.165) is 48.2 Å². The second kappa shape index (κ2) is 8.53. The lowest BCUT2D eigenvalue weighted by molar-refractivity contribution is 0.0583. The molecule has 1 aliphatic rings. The quantitative estimate of drug-likeness (QED) is 0.876. The summed E-state index contributed by atoms with van der Waals surface area (Å²) in [6.07, 6.45) is 6.70.